The second-order valence-corrected chi connectivity index (χ2v) is 8.91. The molecule has 36 heavy (non-hydrogen) atoms. The van der Waals surface area contributed by atoms with Gasteiger partial charge in [-0.15, -0.1) is 0 Å². The normalized spacial score (nSPS) is 17.2. The van der Waals surface area contributed by atoms with Crippen LogP contribution in [0, 0.1) is 0 Å². The Morgan fingerprint density at radius 3 is 2.17 bits per heavy atom. The monoisotopic (exact) mass is 505 g/mol. The molecule has 3 rings (SSSR count). The highest BCUT2D eigenvalue weighted by molar-refractivity contribution is 5.83. The summed E-state index contributed by atoms with van der Waals surface area (Å²) in [4.78, 5) is 33.9. The van der Waals surface area contributed by atoms with Gasteiger partial charge in [-0.2, -0.15) is 5.10 Å². The summed E-state index contributed by atoms with van der Waals surface area (Å²) in [6.07, 6.45) is -0.843. The van der Waals surface area contributed by atoms with Crippen LogP contribution in [0.5, 0.6) is 5.75 Å². The van der Waals surface area contributed by atoms with Crippen LogP contribution >= 0.6 is 0 Å². The fraction of sp³-hybridized carbons (Fsp3) is 0.520. The van der Waals surface area contributed by atoms with Crippen LogP contribution in [0.2, 0.25) is 0 Å². The zero-order valence-corrected chi connectivity index (χ0v) is 20.8. The molecule has 0 bridgehead atoms. The van der Waals surface area contributed by atoms with Crippen molar-refractivity contribution >= 4 is 11.9 Å². The van der Waals surface area contributed by atoms with Gasteiger partial charge in [0.15, 0.2) is 12.2 Å². The van der Waals surface area contributed by atoms with E-state index in [1.165, 1.54) is 24.1 Å². The average molecular weight is 506 g/mol. The van der Waals surface area contributed by atoms with E-state index in [-0.39, 0.29) is 11.6 Å². The fourth-order valence-electron chi connectivity index (χ4n) is 3.72. The Hall–Kier alpha value is -3.28. The number of hydrogen-bond donors (Lipinski definition) is 4. The second-order valence-electron chi connectivity index (χ2n) is 8.91. The number of hydrogen-bond acceptors (Lipinski definition) is 8. The zero-order valence-electron chi connectivity index (χ0n) is 20.8. The van der Waals surface area contributed by atoms with Crippen molar-refractivity contribution < 1.29 is 34.8 Å². The van der Waals surface area contributed by atoms with Gasteiger partial charge in [-0.1, -0.05) is 0 Å². The van der Waals surface area contributed by atoms with E-state index < -0.39 is 24.1 Å². The van der Waals surface area contributed by atoms with E-state index in [1.807, 2.05) is 38.1 Å². The van der Waals surface area contributed by atoms with Crippen molar-refractivity contribution in [3.8, 4) is 17.0 Å². The number of carbonyl (C=O) groups is 2. The van der Waals surface area contributed by atoms with Crippen LogP contribution in [0.15, 0.2) is 41.2 Å². The van der Waals surface area contributed by atoms with Gasteiger partial charge < -0.3 is 30.1 Å². The maximum absolute atomic E-state index is 11.8. The number of carboxylic acids is 2. The lowest BCUT2D eigenvalue weighted by atomic mass is 10.1. The molecule has 11 nitrogen and oxygen atoms in total. The van der Waals surface area contributed by atoms with Gasteiger partial charge >= 0.3 is 11.9 Å². The highest BCUT2D eigenvalue weighted by atomic mass is 16.5. The van der Waals surface area contributed by atoms with Crippen LogP contribution in [-0.2, 0) is 9.59 Å². The van der Waals surface area contributed by atoms with Crippen LogP contribution in [0.3, 0.4) is 0 Å². The van der Waals surface area contributed by atoms with Gasteiger partial charge in [-0.05, 0) is 76.9 Å². The molecule has 198 valence electrons. The molecule has 0 radical (unpaired) electrons. The molecule has 1 fully saturated rings. The predicted octanol–water partition coefficient (Wildman–Crippen LogP) is 1.62. The first-order valence-corrected chi connectivity index (χ1v) is 11.9. The average Bonchev–Trinajstić information content (AvgIpc) is 3.26. The van der Waals surface area contributed by atoms with Crippen LogP contribution in [-0.4, -0.2) is 85.0 Å². The Bertz CT molecular complexity index is 1040. The summed E-state index contributed by atoms with van der Waals surface area (Å²) >= 11 is 0. The SMILES string of the molecule is CC(C)n1nc(-c2ccc(OCCCN3CCC[C@H]3C)cc2)ccc1=O.O=C(O)[C@H](O)[C@@H](O)C(=O)O. The lowest BCUT2D eigenvalue weighted by Crippen LogP contribution is -2.39. The Morgan fingerprint density at radius 2 is 1.67 bits per heavy atom. The first-order chi connectivity index (χ1) is 17.0. The van der Waals surface area contributed by atoms with Crippen molar-refractivity contribution in [2.45, 2.75) is 64.3 Å². The van der Waals surface area contributed by atoms with Gasteiger partial charge in [0.25, 0.3) is 5.56 Å². The van der Waals surface area contributed by atoms with E-state index in [1.54, 1.807) is 12.1 Å². The highest BCUT2D eigenvalue weighted by Gasteiger charge is 2.29. The van der Waals surface area contributed by atoms with Crippen LogP contribution in [0.25, 0.3) is 11.3 Å². The largest absolute Gasteiger partial charge is 0.494 e. The molecule has 0 aliphatic carbocycles. The quantitative estimate of drug-likeness (QED) is 0.349. The predicted molar refractivity (Wildman–Crippen MR) is 132 cm³/mol. The molecule has 0 saturated carbocycles. The fourth-order valence-corrected chi connectivity index (χ4v) is 3.72. The number of nitrogens with zero attached hydrogens (tertiary/aromatic N) is 3. The smallest absolute Gasteiger partial charge is 0.335 e. The third-order valence-corrected chi connectivity index (χ3v) is 5.82. The number of ether oxygens (including phenoxy) is 1. The molecule has 1 saturated heterocycles. The standard InChI is InChI=1S/C21H29N3O2.C4H6O6/c1-16(2)24-21(25)12-11-20(22-24)18-7-9-19(10-8-18)26-15-5-14-23-13-4-6-17(23)3;5-1(3(7)8)2(6)4(9)10/h7-12,16-17H,4-6,13-15H2,1-3H3;1-2,5-6H,(H,7,8)(H,9,10)/t17-;1-,2-/m11/s1. The molecule has 0 amide bonds. The number of rotatable bonds is 10. The number of benzene rings is 1. The number of aliphatic hydroxyl groups is 2. The molecular formula is C25H35N3O8. The van der Waals surface area contributed by atoms with Crippen molar-refractivity contribution in [1.29, 1.82) is 0 Å². The summed E-state index contributed by atoms with van der Waals surface area (Å²) in [5.41, 5.74) is 1.71. The Balaban J connectivity index is 0.000000388. The third kappa shape index (κ3) is 8.43. The van der Waals surface area contributed by atoms with Gasteiger partial charge in [0.05, 0.1) is 18.3 Å². The first kappa shape index (κ1) is 29.0. The Kier molecular flexibility index (Phi) is 11.0. The summed E-state index contributed by atoms with van der Waals surface area (Å²) in [6, 6.07) is 12.0. The summed E-state index contributed by atoms with van der Waals surface area (Å²) in [6.45, 7) is 9.29. The maximum atomic E-state index is 11.8. The first-order valence-electron chi connectivity index (χ1n) is 11.9. The van der Waals surface area contributed by atoms with Gasteiger partial charge in [0, 0.05) is 24.2 Å². The molecule has 0 spiro atoms. The highest BCUT2D eigenvalue weighted by Crippen LogP contribution is 2.21. The molecular weight excluding hydrogens is 470 g/mol. The number of aromatic nitrogens is 2. The van der Waals surface area contributed by atoms with Gasteiger partial charge in [-0.25, -0.2) is 14.3 Å². The summed E-state index contributed by atoms with van der Waals surface area (Å²) in [7, 11) is 0. The lowest BCUT2D eigenvalue weighted by molar-refractivity contribution is -0.165. The van der Waals surface area contributed by atoms with E-state index in [4.69, 9.17) is 25.2 Å². The minimum atomic E-state index is -2.27. The molecule has 2 heterocycles. The molecule has 1 aliphatic rings. The third-order valence-electron chi connectivity index (χ3n) is 5.82. The zero-order chi connectivity index (χ0) is 26.8. The number of carboxylic acid groups (broad SMARTS) is 2. The van der Waals surface area contributed by atoms with Crippen molar-refractivity contribution in [3.63, 3.8) is 0 Å². The Morgan fingerprint density at radius 1 is 1.06 bits per heavy atom. The molecule has 2 aromatic rings. The van der Waals surface area contributed by atoms with Gasteiger partial charge in [0.1, 0.15) is 5.75 Å². The van der Waals surface area contributed by atoms with E-state index in [9.17, 15) is 14.4 Å². The minimum absolute atomic E-state index is 0.0448. The summed E-state index contributed by atoms with van der Waals surface area (Å²) in [5, 5.41) is 37.0. The van der Waals surface area contributed by atoms with Crippen LogP contribution in [0.1, 0.15) is 46.1 Å². The van der Waals surface area contributed by atoms with Crippen molar-refractivity contribution in [2.75, 3.05) is 19.7 Å². The molecule has 11 heteroatoms. The van der Waals surface area contributed by atoms with Crippen molar-refractivity contribution in [1.82, 2.24) is 14.7 Å². The van der Waals surface area contributed by atoms with Gasteiger partial charge in [-0.3, -0.25) is 4.79 Å². The van der Waals surface area contributed by atoms with E-state index >= 15 is 0 Å². The molecule has 1 aliphatic heterocycles. The lowest BCUT2D eigenvalue weighted by Gasteiger charge is -2.20. The van der Waals surface area contributed by atoms with E-state index in [0.717, 1.165) is 42.6 Å². The summed E-state index contributed by atoms with van der Waals surface area (Å²) in [5.74, 6) is -2.66. The van der Waals surface area contributed by atoms with E-state index in [0.29, 0.717) is 0 Å². The number of aliphatic hydroxyl groups excluding tert-OH is 2. The number of likely N-dealkylation sites (tertiary alicyclic amines) is 1. The topological polar surface area (TPSA) is 162 Å². The van der Waals surface area contributed by atoms with Crippen LogP contribution < -0.4 is 10.3 Å². The summed E-state index contributed by atoms with van der Waals surface area (Å²) < 4.78 is 7.38. The second kappa shape index (κ2) is 13.7. The van der Waals surface area contributed by atoms with Crippen molar-refractivity contribution in [3.05, 3.63) is 46.8 Å². The molecule has 0 unspecified atom stereocenters. The Labute approximate surface area is 209 Å². The van der Waals surface area contributed by atoms with Crippen LogP contribution in [0.4, 0.5) is 0 Å². The molecule has 3 atom stereocenters. The molecule has 4 N–H and O–H groups in total. The van der Waals surface area contributed by atoms with E-state index in [2.05, 4.69) is 16.9 Å². The number of aliphatic carboxylic acids is 2. The van der Waals surface area contributed by atoms with Gasteiger partial charge in [0.2, 0.25) is 0 Å². The minimum Gasteiger partial charge on any atom is -0.494 e. The molecule has 1 aromatic heterocycles. The molecule has 1 aromatic carbocycles. The maximum Gasteiger partial charge on any atom is 0.335 e. The van der Waals surface area contributed by atoms with Crippen molar-refractivity contribution in [2.24, 2.45) is 0 Å².